The first-order chi connectivity index (χ1) is 17.5. The summed E-state index contributed by atoms with van der Waals surface area (Å²) in [6.45, 7) is 6.74. The number of allylic oxidation sites excluding steroid dienone is 2. The van der Waals surface area contributed by atoms with E-state index in [9.17, 15) is 43.2 Å². The molecule has 13 heteroatoms. The predicted molar refractivity (Wildman–Crippen MR) is 131 cm³/mol. The van der Waals surface area contributed by atoms with Crippen molar-refractivity contribution in [3.8, 4) is 11.1 Å². The highest BCUT2D eigenvalue weighted by atomic mass is 32.2. The standard InChI is InChI=1S/C15H8F6O4S2.C10H17N/c16-14(17,18)26(22,23)12-6-5-10-9-4-2-1-3-8(9)7-11(10)13(12)27(24,25)15(19,20)21;1-3-4-7-11-8-5-6-10(2)9-11/h1-6H,7H2;5-6,8H,3-4,7,9H2,1-2H3. The van der Waals surface area contributed by atoms with Crippen molar-refractivity contribution in [3.63, 3.8) is 0 Å². The van der Waals surface area contributed by atoms with E-state index in [0.29, 0.717) is 11.1 Å². The van der Waals surface area contributed by atoms with E-state index < -0.39 is 52.5 Å². The first kappa shape index (κ1) is 29.8. The van der Waals surface area contributed by atoms with Gasteiger partial charge < -0.3 is 4.90 Å². The van der Waals surface area contributed by atoms with E-state index in [2.05, 4.69) is 37.1 Å². The molecule has 0 radical (unpaired) electrons. The number of benzene rings is 2. The number of nitrogens with zero attached hydrogens (tertiary/aromatic N) is 1. The summed E-state index contributed by atoms with van der Waals surface area (Å²) in [5, 5.41) is 0. The van der Waals surface area contributed by atoms with Crippen molar-refractivity contribution in [1.29, 1.82) is 0 Å². The number of unbranched alkanes of at least 4 members (excludes halogenated alkanes) is 1. The zero-order valence-electron chi connectivity index (χ0n) is 20.4. The Morgan fingerprint density at radius 1 is 0.868 bits per heavy atom. The second-order valence-electron chi connectivity index (χ2n) is 8.83. The van der Waals surface area contributed by atoms with Gasteiger partial charge >= 0.3 is 11.0 Å². The Kier molecular flexibility index (Phi) is 8.42. The molecule has 4 rings (SSSR count). The van der Waals surface area contributed by atoms with Crippen LogP contribution in [0.5, 0.6) is 0 Å². The van der Waals surface area contributed by atoms with Gasteiger partial charge in [-0.1, -0.05) is 55.3 Å². The molecule has 0 unspecified atom stereocenters. The Labute approximate surface area is 217 Å². The number of fused-ring (bicyclic) bond motifs is 3. The zero-order valence-corrected chi connectivity index (χ0v) is 22.0. The molecule has 1 aliphatic heterocycles. The Morgan fingerprint density at radius 3 is 2.08 bits per heavy atom. The van der Waals surface area contributed by atoms with E-state index in [-0.39, 0.29) is 11.6 Å². The third kappa shape index (κ3) is 5.78. The van der Waals surface area contributed by atoms with Gasteiger partial charge in [0, 0.05) is 19.5 Å². The minimum absolute atomic E-state index is 0.0606. The summed E-state index contributed by atoms with van der Waals surface area (Å²) >= 11 is 0. The molecule has 0 aromatic heterocycles. The van der Waals surface area contributed by atoms with E-state index in [1.165, 1.54) is 49.2 Å². The van der Waals surface area contributed by atoms with Gasteiger partial charge in [-0.25, -0.2) is 16.8 Å². The van der Waals surface area contributed by atoms with E-state index >= 15 is 0 Å². The second kappa shape index (κ2) is 10.8. The van der Waals surface area contributed by atoms with Gasteiger partial charge in [-0.2, -0.15) is 26.3 Å². The first-order valence-electron chi connectivity index (χ1n) is 11.5. The Hall–Kier alpha value is -2.80. The third-order valence-electron chi connectivity index (χ3n) is 6.00. The maximum absolute atomic E-state index is 13.1. The van der Waals surface area contributed by atoms with Crippen LogP contribution in [0.1, 0.15) is 37.8 Å². The van der Waals surface area contributed by atoms with Gasteiger partial charge in [0.05, 0.1) is 9.79 Å². The van der Waals surface area contributed by atoms with Crippen LogP contribution in [0.4, 0.5) is 26.3 Å². The fourth-order valence-corrected chi connectivity index (χ4v) is 6.77. The van der Waals surface area contributed by atoms with Crippen molar-refractivity contribution in [2.75, 3.05) is 13.1 Å². The fraction of sp³-hybridized carbons (Fsp3) is 0.360. The zero-order chi connectivity index (χ0) is 28.5. The van der Waals surface area contributed by atoms with Gasteiger partial charge in [-0.3, -0.25) is 0 Å². The fourth-order valence-electron chi connectivity index (χ4n) is 4.18. The summed E-state index contributed by atoms with van der Waals surface area (Å²) in [4.78, 5) is -1.43. The van der Waals surface area contributed by atoms with Gasteiger partial charge in [0.1, 0.15) is 0 Å². The highest BCUT2D eigenvalue weighted by Crippen LogP contribution is 2.47. The van der Waals surface area contributed by atoms with Crippen LogP contribution in [0.3, 0.4) is 0 Å². The summed E-state index contributed by atoms with van der Waals surface area (Å²) in [5.74, 6) is 0. The summed E-state index contributed by atoms with van der Waals surface area (Å²) in [6, 6.07) is 7.06. The molecular weight excluding hydrogens is 556 g/mol. The van der Waals surface area contributed by atoms with Crippen molar-refractivity contribution < 1.29 is 43.2 Å². The monoisotopic (exact) mass is 581 g/mol. The lowest BCUT2D eigenvalue weighted by Crippen LogP contribution is -2.30. The smallest absolute Gasteiger partial charge is 0.373 e. The van der Waals surface area contributed by atoms with Crippen molar-refractivity contribution in [2.45, 2.75) is 53.9 Å². The Bertz CT molecular complexity index is 1470. The van der Waals surface area contributed by atoms with Crippen LogP contribution in [0, 0.1) is 0 Å². The first-order valence-corrected chi connectivity index (χ1v) is 14.4. The molecule has 0 fully saturated rings. The van der Waals surface area contributed by atoms with Crippen LogP contribution in [-0.4, -0.2) is 45.8 Å². The molecule has 0 saturated carbocycles. The molecular formula is C25H25F6NO4S2. The highest BCUT2D eigenvalue weighted by Gasteiger charge is 2.55. The third-order valence-corrected chi connectivity index (χ3v) is 9.27. The molecule has 0 amide bonds. The lowest BCUT2D eigenvalue weighted by atomic mass is 10.1. The van der Waals surface area contributed by atoms with Crippen molar-refractivity contribution in [1.82, 2.24) is 4.90 Å². The summed E-state index contributed by atoms with van der Waals surface area (Å²) < 4.78 is 126. The minimum atomic E-state index is -6.37. The number of hydrogen-bond donors (Lipinski definition) is 0. The van der Waals surface area contributed by atoms with Crippen molar-refractivity contribution in [2.24, 2.45) is 0 Å². The molecule has 0 bridgehead atoms. The molecule has 2 aromatic rings. The SMILES string of the molecule is CCCCN1C=CC=C(C)C1.O=S(=O)(c1ccc2c(c1S(=O)(=O)C(F)(F)F)Cc1ccccc1-2)C(F)(F)F. The number of sulfone groups is 2. The Morgan fingerprint density at radius 2 is 1.50 bits per heavy atom. The van der Waals surface area contributed by atoms with Crippen LogP contribution >= 0.6 is 0 Å². The molecule has 5 nitrogen and oxygen atoms in total. The quantitative estimate of drug-likeness (QED) is 0.326. The van der Waals surface area contributed by atoms with Crippen molar-refractivity contribution in [3.05, 3.63) is 71.5 Å². The lowest BCUT2D eigenvalue weighted by molar-refractivity contribution is -0.0456. The van der Waals surface area contributed by atoms with Gasteiger partial charge in [-0.15, -0.1) is 0 Å². The summed E-state index contributed by atoms with van der Waals surface area (Å²) in [5.41, 5.74) is -10.5. The normalized spacial score (nSPS) is 15.4. The van der Waals surface area contributed by atoms with E-state index in [0.717, 1.165) is 12.6 Å². The number of hydrogen-bond acceptors (Lipinski definition) is 5. The lowest BCUT2D eigenvalue weighted by Gasteiger charge is -2.22. The summed E-state index contributed by atoms with van der Waals surface area (Å²) in [7, 11) is -12.7. The van der Waals surface area contributed by atoms with E-state index in [1.54, 1.807) is 0 Å². The second-order valence-corrected chi connectivity index (χ2v) is 12.6. The largest absolute Gasteiger partial charge is 0.501 e. The molecule has 1 heterocycles. The van der Waals surface area contributed by atoms with Gasteiger partial charge in [-0.05, 0) is 53.9 Å². The maximum atomic E-state index is 13.1. The van der Waals surface area contributed by atoms with E-state index in [4.69, 9.17) is 0 Å². The van der Waals surface area contributed by atoms with E-state index in [1.807, 2.05) is 0 Å². The topological polar surface area (TPSA) is 71.5 Å². The van der Waals surface area contributed by atoms with Crippen LogP contribution < -0.4 is 0 Å². The molecule has 38 heavy (non-hydrogen) atoms. The number of alkyl halides is 6. The molecule has 0 spiro atoms. The molecule has 1 aliphatic carbocycles. The average molecular weight is 582 g/mol. The molecule has 208 valence electrons. The van der Waals surface area contributed by atoms with Gasteiger partial charge in [0.25, 0.3) is 19.7 Å². The van der Waals surface area contributed by atoms with Crippen LogP contribution in [0.15, 0.2) is 70.1 Å². The summed E-state index contributed by atoms with van der Waals surface area (Å²) in [6.07, 6.45) is 8.64. The predicted octanol–water partition coefficient (Wildman–Crippen LogP) is 6.41. The van der Waals surface area contributed by atoms with Crippen molar-refractivity contribution >= 4 is 19.7 Å². The maximum Gasteiger partial charge on any atom is 0.501 e. The Balaban J connectivity index is 0.000000304. The van der Waals surface area contributed by atoms with Crippen LogP contribution in [0.25, 0.3) is 11.1 Å². The molecule has 2 aromatic carbocycles. The molecule has 0 atom stereocenters. The van der Waals surface area contributed by atoms with Crippen LogP contribution in [-0.2, 0) is 26.1 Å². The van der Waals surface area contributed by atoms with Gasteiger partial charge in [0.15, 0.2) is 0 Å². The number of rotatable bonds is 5. The highest BCUT2D eigenvalue weighted by molar-refractivity contribution is 7.95. The van der Waals surface area contributed by atoms with Crippen LogP contribution in [0.2, 0.25) is 0 Å². The minimum Gasteiger partial charge on any atom is -0.373 e. The van der Waals surface area contributed by atoms with Gasteiger partial charge in [0.2, 0.25) is 0 Å². The molecule has 2 aliphatic rings. The molecule has 0 saturated heterocycles. The average Bonchev–Trinajstić information content (AvgIpc) is 3.19. The molecule has 0 N–H and O–H groups in total. The number of halogens is 6.